The zero-order valence-corrected chi connectivity index (χ0v) is 26.0. The first-order valence-electron chi connectivity index (χ1n) is 15.9. The van der Waals surface area contributed by atoms with Gasteiger partial charge in [-0.05, 0) is 38.0 Å². The van der Waals surface area contributed by atoms with Crippen LogP contribution in [0.2, 0.25) is 0 Å². The molecule has 5 N–H and O–H groups in total. The van der Waals surface area contributed by atoms with E-state index in [4.69, 9.17) is 9.47 Å². The lowest BCUT2D eigenvalue weighted by atomic mass is 9.71. The fourth-order valence-corrected chi connectivity index (χ4v) is 6.04. The lowest BCUT2D eigenvalue weighted by Crippen LogP contribution is -2.57. The molecule has 2 heterocycles. The van der Waals surface area contributed by atoms with E-state index >= 15 is 0 Å². The first-order chi connectivity index (χ1) is 21.0. The highest BCUT2D eigenvalue weighted by molar-refractivity contribution is 6.06. The fourth-order valence-electron chi connectivity index (χ4n) is 6.04. The minimum Gasteiger partial charge on any atom is -0.388 e. The highest BCUT2D eigenvalue weighted by atomic mass is 16.7. The van der Waals surface area contributed by atoms with Crippen LogP contribution in [0.4, 0.5) is 0 Å². The number of carbonyl (C=O) groups is 5. The number of nitrogens with one attached hydrogen (secondary N) is 2. The number of nitrogens with zero attached hydrogens (tertiary/aromatic N) is 1. The number of ketones is 1. The number of Topliss-reactive ketones (excluding diaryl/α,β-unsaturated/α-hetero) is 1. The molecule has 9 atom stereocenters. The normalized spacial score (nSPS) is 30.9. The van der Waals surface area contributed by atoms with Crippen LogP contribution >= 0.6 is 0 Å². The second kappa shape index (κ2) is 18.4. The summed E-state index contributed by atoms with van der Waals surface area (Å²) >= 11 is 0. The Morgan fingerprint density at radius 3 is 2.18 bits per heavy atom. The van der Waals surface area contributed by atoms with Crippen LogP contribution in [0.1, 0.15) is 79.6 Å². The van der Waals surface area contributed by atoms with Crippen molar-refractivity contribution < 1.29 is 48.8 Å². The van der Waals surface area contributed by atoms with E-state index in [0.29, 0.717) is 38.5 Å². The SMILES string of the molecule is C.CCC(=O)CCN1C(=O)C2C(C)C=CC(CCC(=O)NCCNC(=O)CCCCCO[C@@H]3OC(C)[C@H](O)[C@H](O)C3O)C2C1=O. The number of carbonyl (C=O) groups excluding carboxylic acids is 5. The predicted octanol–water partition coefficient (Wildman–Crippen LogP) is 0.832. The Balaban J connectivity index is 0.00000705. The molecule has 4 amide bonds. The van der Waals surface area contributed by atoms with Gasteiger partial charge in [0.2, 0.25) is 23.6 Å². The van der Waals surface area contributed by atoms with Gasteiger partial charge in [-0.1, -0.05) is 39.8 Å². The number of hydrogen-bond donors (Lipinski definition) is 5. The molecule has 256 valence electrons. The number of ether oxygens (including phenoxy) is 2. The molecule has 0 spiro atoms. The summed E-state index contributed by atoms with van der Waals surface area (Å²) in [6, 6.07) is 0. The molecule has 2 fully saturated rings. The summed E-state index contributed by atoms with van der Waals surface area (Å²) in [5.74, 6) is -2.14. The third kappa shape index (κ3) is 10.4. The van der Waals surface area contributed by atoms with Crippen molar-refractivity contribution in [2.45, 2.75) is 110 Å². The van der Waals surface area contributed by atoms with Crippen molar-refractivity contribution in [1.29, 1.82) is 0 Å². The Bertz CT molecular complexity index is 1050. The van der Waals surface area contributed by atoms with Gasteiger partial charge in [0.1, 0.15) is 24.1 Å². The van der Waals surface area contributed by atoms with E-state index in [0.717, 1.165) is 0 Å². The minimum absolute atomic E-state index is 0. The number of aliphatic hydroxyl groups is 3. The van der Waals surface area contributed by atoms with Crippen LogP contribution in [0, 0.1) is 23.7 Å². The number of aliphatic hydroxyl groups excluding tert-OH is 3. The Kier molecular flexibility index (Phi) is 15.8. The van der Waals surface area contributed by atoms with Gasteiger partial charge >= 0.3 is 0 Å². The highest BCUT2D eigenvalue weighted by Crippen LogP contribution is 2.43. The van der Waals surface area contributed by atoms with E-state index in [1.807, 2.05) is 19.1 Å². The summed E-state index contributed by atoms with van der Waals surface area (Å²) in [7, 11) is 0. The molecule has 0 saturated carbocycles. The number of amides is 4. The number of rotatable bonds is 17. The third-order valence-electron chi connectivity index (χ3n) is 8.80. The average molecular weight is 640 g/mol. The number of unbranched alkanes of at least 4 members (excludes halogenated alkanes) is 2. The first-order valence-corrected chi connectivity index (χ1v) is 15.9. The van der Waals surface area contributed by atoms with Gasteiger partial charge in [0.15, 0.2) is 6.29 Å². The molecule has 2 saturated heterocycles. The first kappa shape index (κ1) is 38.5. The molecule has 0 aromatic heterocycles. The summed E-state index contributed by atoms with van der Waals surface area (Å²) < 4.78 is 10.9. The molecule has 13 heteroatoms. The Labute approximate surface area is 266 Å². The van der Waals surface area contributed by atoms with E-state index in [9.17, 15) is 39.3 Å². The van der Waals surface area contributed by atoms with Crippen LogP contribution in [-0.2, 0) is 33.4 Å². The summed E-state index contributed by atoms with van der Waals surface area (Å²) in [5, 5.41) is 35.0. The van der Waals surface area contributed by atoms with Gasteiger partial charge in [0.25, 0.3) is 0 Å². The smallest absolute Gasteiger partial charge is 0.233 e. The predicted molar refractivity (Wildman–Crippen MR) is 164 cm³/mol. The van der Waals surface area contributed by atoms with Crippen LogP contribution in [0.15, 0.2) is 12.2 Å². The largest absolute Gasteiger partial charge is 0.388 e. The number of fused-ring (bicyclic) bond motifs is 1. The van der Waals surface area contributed by atoms with Crippen molar-refractivity contribution in [3.63, 3.8) is 0 Å². The maximum Gasteiger partial charge on any atom is 0.233 e. The zero-order chi connectivity index (χ0) is 32.4. The maximum atomic E-state index is 13.1. The van der Waals surface area contributed by atoms with Crippen LogP contribution in [-0.4, -0.2) is 107 Å². The van der Waals surface area contributed by atoms with Gasteiger partial charge in [-0.2, -0.15) is 0 Å². The quantitative estimate of drug-likeness (QED) is 0.0865. The lowest BCUT2D eigenvalue weighted by molar-refractivity contribution is -0.293. The van der Waals surface area contributed by atoms with E-state index in [1.54, 1.807) is 13.8 Å². The Morgan fingerprint density at radius 2 is 1.51 bits per heavy atom. The molecule has 13 nitrogen and oxygen atoms in total. The molecule has 0 aromatic rings. The molecule has 6 unspecified atom stereocenters. The lowest BCUT2D eigenvalue weighted by Gasteiger charge is -2.38. The van der Waals surface area contributed by atoms with Gasteiger partial charge in [-0.15, -0.1) is 0 Å². The second-order valence-corrected chi connectivity index (χ2v) is 12.0. The number of allylic oxidation sites excluding steroid dienone is 2. The molecule has 0 radical (unpaired) electrons. The van der Waals surface area contributed by atoms with Crippen LogP contribution < -0.4 is 10.6 Å². The van der Waals surface area contributed by atoms with E-state index < -0.39 is 42.5 Å². The maximum absolute atomic E-state index is 13.1. The second-order valence-electron chi connectivity index (χ2n) is 12.0. The van der Waals surface area contributed by atoms with Gasteiger partial charge in [-0.25, -0.2) is 0 Å². The molecule has 0 bridgehead atoms. The average Bonchev–Trinajstić information content (AvgIpc) is 3.26. The van der Waals surface area contributed by atoms with Gasteiger partial charge < -0.3 is 35.4 Å². The summed E-state index contributed by atoms with van der Waals surface area (Å²) in [5.41, 5.74) is 0. The molecule has 3 rings (SSSR count). The third-order valence-corrected chi connectivity index (χ3v) is 8.80. The molecular weight excluding hydrogens is 586 g/mol. The van der Waals surface area contributed by atoms with Crippen molar-refractivity contribution in [2.24, 2.45) is 23.7 Å². The minimum atomic E-state index is -1.34. The van der Waals surface area contributed by atoms with Crippen LogP contribution in [0.25, 0.3) is 0 Å². The topological polar surface area (TPSA) is 192 Å². The molecule has 0 aromatic carbocycles. The molecule has 45 heavy (non-hydrogen) atoms. The van der Waals surface area contributed by atoms with Crippen molar-refractivity contribution >= 4 is 29.4 Å². The zero-order valence-electron chi connectivity index (χ0n) is 26.0. The van der Waals surface area contributed by atoms with Gasteiger partial charge in [0, 0.05) is 51.9 Å². The van der Waals surface area contributed by atoms with Crippen molar-refractivity contribution in [3.8, 4) is 0 Å². The number of hydrogen-bond acceptors (Lipinski definition) is 10. The van der Waals surface area contributed by atoms with Gasteiger partial charge in [-0.3, -0.25) is 28.9 Å². The molecule has 2 aliphatic heterocycles. The molecular formula is C32H53N3O10. The van der Waals surface area contributed by atoms with Crippen LogP contribution in [0.5, 0.6) is 0 Å². The Morgan fingerprint density at radius 1 is 0.867 bits per heavy atom. The Hall–Kier alpha value is -2.71. The standard InChI is InChI=1S/C31H49N3O10.CH4/c1-4-21(35)13-16-34-29(41)24-18(2)9-10-20(25(24)30(34)42)11-12-23(37)33-15-14-32-22(36)8-6-5-7-17-43-31-28(40)27(39)26(38)19(3)44-31;/h9-10,18-20,24-28,31,38-40H,4-8,11-17H2,1-3H3,(H,32,36)(H,33,37);1H4/t18?,19?,20?,24?,25?,26-,27-,28?,31+;/m0./s1. The molecule has 3 aliphatic rings. The number of likely N-dealkylation sites (tertiary alicyclic amines) is 1. The highest BCUT2D eigenvalue weighted by Gasteiger charge is 2.53. The van der Waals surface area contributed by atoms with Gasteiger partial charge in [0.05, 0.1) is 17.9 Å². The van der Waals surface area contributed by atoms with E-state index in [1.165, 1.54) is 4.90 Å². The van der Waals surface area contributed by atoms with E-state index in [2.05, 4.69) is 10.6 Å². The fraction of sp³-hybridized carbons (Fsp3) is 0.781. The molecule has 1 aliphatic carbocycles. The van der Waals surface area contributed by atoms with Crippen molar-refractivity contribution in [3.05, 3.63) is 12.2 Å². The van der Waals surface area contributed by atoms with Crippen LogP contribution in [0.3, 0.4) is 0 Å². The summed E-state index contributed by atoms with van der Waals surface area (Å²) in [6.07, 6.45) is 1.71. The summed E-state index contributed by atoms with van der Waals surface area (Å²) in [6.45, 7) is 6.17. The monoisotopic (exact) mass is 639 g/mol. The number of imide groups is 1. The summed E-state index contributed by atoms with van der Waals surface area (Å²) in [4.78, 5) is 63.7. The van der Waals surface area contributed by atoms with E-state index in [-0.39, 0.29) is 87.8 Å². The van der Waals surface area contributed by atoms with Crippen molar-refractivity contribution in [1.82, 2.24) is 15.5 Å². The van der Waals surface area contributed by atoms with Crippen molar-refractivity contribution in [2.75, 3.05) is 26.2 Å².